The Morgan fingerprint density at radius 3 is 2.91 bits per heavy atom. The predicted octanol–water partition coefficient (Wildman–Crippen LogP) is 2.46. The Morgan fingerprint density at radius 1 is 1.27 bits per heavy atom. The monoisotopic (exact) mass is 298 g/mol. The lowest BCUT2D eigenvalue weighted by Gasteiger charge is -2.32. The smallest absolute Gasteiger partial charge is 0.222 e. The second kappa shape index (κ2) is 7.20. The van der Waals surface area contributed by atoms with Crippen molar-refractivity contribution in [2.24, 2.45) is 0 Å². The minimum atomic E-state index is 0.265. The minimum Gasteiger partial charge on any atom is -0.341 e. The van der Waals surface area contributed by atoms with E-state index in [0.717, 1.165) is 38.8 Å². The number of piperidine rings is 1. The molecule has 22 heavy (non-hydrogen) atoms. The minimum absolute atomic E-state index is 0.265. The molecule has 2 heterocycles. The number of aryl methyl sites for hydroxylation is 1. The van der Waals surface area contributed by atoms with Gasteiger partial charge in [0, 0.05) is 19.5 Å². The van der Waals surface area contributed by atoms with E-state index < -0.39 is 0 Å². The number of aromatic nitrogens is 3. The van der Waals surface area contributed by atoms with E-state index in [1.54, 1.807) is 12.7 Å². The molecule has 0 N–H and O–H groups in total. The van der Waals surface area contributed by atoms with Gasteiger partial charge in [-0.3, -0.25) is 4.79 Å². The van der Waals surface area contributed by atoms with Gasteiger partial charge in [0.05, 0.1) is 6.04 Å². The van der Waals surface area contributed by atoms with Crippen LogP contribution in [0.3, 0.4) is 0 Å². The third kappa shape index (κ3) is 3.72. The zero-order chi connectivity index (χ0) is 15.2. The topological polar surface area (TPSA) is 51.0 Å². The third-order valence-electron chi connectivity index (χ3n) is 4.26. The van der Waals surface area contributed by atoms with E-state index in [0.29, 0.717) is 6.42 Å². The summed E-state index contributed by atoms with van der Waals surface area (Å²) in [7, 11) is 0. The van der Waals surface area contributed by atoms with Crippen LogP contribution < -0.4 is 0 Å². The van der Waals surface area contributed by atoms with Gasteiger partial charge in [0.2, 0.25) is 5.91 Å². The van der Waals surface area contributed by atoms with Crippen molar-refractivity contribution in [3.05, 3.63) is 48.5 Å². The summed E-state index contributed by atoms with van der Waals surface area (Å²) in [5, 5.41) is 4.20. The zero-order valence-corrected chi connectivity index (χ0v) is 12.8. The SMILES string of the molecule is O=C(CCCc1ccccc1)N1CCCC(n2cncn2)C1. The van der Waals surface area contributed by atoms with Crippen LogP contribution in [0.15, 0.2) is 43.0 Å². The Morgan fingerprint density at radius 2 is 2.14 bits per heavy atom. The van der Waals surface area contributed by atoms with Crippen molar-refractivity contribution in [2.75, 3.05) is 13.1 Å². The summed E-state index contributed by atoms with van der Waals surface area (Å²) in [6.07, 6.45) is 7.90. The lowest BCUT2D eigenvalue weighted by molar-refractivity contribution is -0.133. The van der Waals surface area contributed by atoms with Crippen LogP contribution in [0.4, 0.5) is 0 Å². The van der Waals surface area contributed by atoms with E-state index in [9.17, 15) is 4.79 Å². The quantitative estimate of drug-likeness (QED) is 0.852. The molecule has 5 heteroatoms. The maximum atomic E-state index is 12.4. The average Bonchev–Trinajstić information content (AvgIpc) is 3.10. The van der Waals surface area contributed by atoms with Crippen molar-refractivity contribution in [1.82, 2.24) is 19.7 Å². The molecule has 1 aliphatic heterocycles. The summed E-state index contributed by atoms with van der Waals surface area (Å²) >= 11 is 0. The van der Waals surface area contributed by atoms with Gasteiger partial charge in [-0.1, -0.05) is 30.3 Å². The molecule has 0 bridgehead atoms. The highest BCUT2D eigenvalue weighted by atomic mass is 16.2. The van der Waals surface area contributed by atoms with E-state index in [1.807, 2.05) is 27.8 Å². The summed E-state index contributed by atoms with van der Waals surface area (Å²) in [4.78, 5) is 18.4. The van der Waals surface area contributed by atoms with Crippen LogP contribution in [0, 0.1) is 0 Å². The molecule has 1 aromatic heterocycles. The van der Waals surface area contributed by atoms with Crippen molar-refractivity contribution >= 4 is 5.91 Å². The molecular formula is C17H22N4O. The van der Waals surface area contributed by atoms with E-state index >= 15 is 0 Å². The highest BCUT2D eigenvalue weighted by Crippen LogP contribution is 2.21. The van der Waals surface area contributed by atoms with E-state index in [4.69, 9.17) is 0 Å². The molecule has 2 aromatic rings. The molecule has 1 aromatic carbocycles. The Kier molecular flexibility index (Phi) is 4.83. The molecule has 116 valence electrons. The summed E-state index contributed by atoms with van der Waals surface area (Å²) in [5.41, 5.74) is 1.30. The average molecular weight is 298 g/mol. The number of rotatable bonds is 5. The van der Waals surface area contributed by atoms with Gasteiger partial charge in [-0.25, -0.2) is 9.67 Å². The lowest BCUT2D eigenvalue weighted by Crippen LogP contribution is -2.40. The second-order valence-corrected chi connectivity index (χ2v) is 5.85. The van der Waals surface area contributed by atoms with Crippen LogP contribution in [0.5, 0.6) is 0 Å². The highest BCUT2D eigenvalue weighted by molar-refractivity contribution is 5.76. The maximum Gasteiger partial charge on any atom is 0.222 e. The van der Waals surface area contributed by atoms with Crippen LogP contribution in [0.2, 0.25) is 0 Å². The van der Waals surface area contributed by atoms with E-state index in [-0.39, 0.29) is 11.9 Å². The summed E-state index contributed by atoms with van der Waals surface area (Å²) in [6.45, 7) is 1.63. The number of benzene rings is 1. The molecule has 0 spiro atoms. The van der Waals surface area contributed by atoms with Gasteiger partial charge in [-0.2, -0.15) is 5.10 Å². The van der Waals surface area contributed by atoms with Crippen LogP contribution in [0.1, 0.15) is 37.3 Å². The fourth-order valence-electron chi connectivity index (χ4n) is 3.05. The van der Waals surface area contributed by atoms with Gasteiger partial charge in [0.15, 0.2) is 0 Å². The van der Waals surface area contributed by atoms with E-state index in [2.05, 4.69) is 22.2 Å². The number of likely N-dealkylation sites (tertiary alicyclic amines) is 1. The molecule has 1 amide bonds. The first-order chi connectivity index (χ1) is 10.8. The molecule has 5 nitrogen and oxygen atoms in total. The molecule has 1 fully saturated rings. The number of amides is 1. The molecule has 1 unspecified atom stereocenters. The third-order valence-corrected chi connectivity index (χ3v) is 4.26. The van der Waals surface area contributed by atoms with Crippen molar-refractivity contribution in [3.63, 3.8) is 0 Å². The molecule has 0 aliphatic carbocycles. The lowest BCUT2D eigenvalue weighted by atomic mass is 10.0. The molecular weight excluding hydrogens is 276 g/mol. The second-order valence-electron chi connectivity index (χ2n) is 5.85. The van der Waals surface area contributed by atoms with Crippen molar-refractivity contribution < 1.29 is 4.79 Å². The number of carbonyl (C=O) groups excluding carboxylic acids is 1. The van der Waals surface area contributed by atoms with Crippen LogP contribution in [-0.4, -0.2) is 38.7 Å². The van der Waals surface area contributed by atoms with Crippen molar-refractivity contribution in [3.8, 4) is 0 Å². The Hall–Kier alpha value is -2.17. The molecule has 0 saturated carbocycles. The number of hydrogen-bond donors (Lipinski definition) is 0. The highest BCUT2D eigenvalue weighted by Gasteiger charge is 2.24. The zero-order valence-electron chi connectivity index (χ0n) is 12.8. The van der Waals surface area contributed by atoms with Crippen LogP contribution >= 0.6 is 0 Å². The van der Waals surface area contributed by atoms with Crippen LogP contribution in [-0.2, 0) is 11.2 Å². The first-order valence-corrected chi connectivity index (χ1v) is 7.99. The first kappa shape index (κ1) is 14.8. The van der Waals surface area contributed by atoms with E-state index in [1.165, 1.54) is 5.56 Å². The Balaban J connectivity index is 1.47. The fraction of sp³-hybridized carbons (Fsp3) is 0.471. The molecule has 1 atom stereocenters. The predicted molar refractivity (Wildman–Crippen MR) is 84.3 cm³/mol. The number of carbonyl (C=O) groups is 1. The largest absolute Gasteiger partial charge is 0.341 e. The van der Waals surface area contributed by atoms with Gasteiger partial charge >= 0.3 is 0 Å². The van der Waals surface area contributed by atoms with Crippen molar-refractivity contribution in [1.29, 1.82) is 0 Å². The number of hydrogen-bond acceptors (Lipinski definition) is 3. The number of nitrogens with zero attached hydrogens (tertiary/aromatic N) is 4. The van der Waals surface area contributed by atoms with Gasteiger partial charge < -0.3 is 4.90 Å². The normalized spacial score (nSPS) is 18.4. The maximum absolute atomic E-state index is 12.4. The standard InChI is InChI=1S/C17H22N4O/c22-17(10-4-8-15-6-2-1-3-7-15)20-11-5-9-16(12-20)21-14-18-13-19-21/h1-3,6-7,13-14,16H,4-5,8-12H2. The van der Waals surface area contributed by atoms with Gasteiger partial charge in [0.25, 0.3) is 0 Å². The first-order valence-electron chi connectivity index (χ1n) is 7.99. The molecule has 3 rings (SSSR count). The summed E-state index contributed by atoms with van der Waals surface area (Å²) in [6, 6.07) is 10.6. The van der Waals surface area contributed by atoms with Crippen molar-refractivity contribution in [2.45, 2.75) is 38.1 Å². The molecule has 0 radical (unpaired) electrons. The summed E-state index contributed by atoms with van der Waals surface area (Å²) in [5.74, 6) is 0.265. The van der Waals surface area contributed by atoms with Gasteiger partial charge in [0.1, 0.15) is 12.7 Å². The van der Waals surface area contributed by atoms with Crippen LogP contribution in [0.25, 0.3) is 0 Å². The summed E-state index contributed by atoms with van der Waals surface area (Å²) < 4.78 is 1.88. The fourth-order valence-corrected chi connectivity index (χ4v) is 3.05. The molecule has 1 saturated heterocycles. The Bertz CT molecular complexity index is 582. The van der Waals surface area contributed by atoms with Gasteiger partial charge in [-0.15, -0.1) is 0 Å². The Labute approximate surface area is 131 Å². The van der Waals surface area contributed by atoms with Gasteiger partial charge in [-0.05, 0) is 31.2 Å². The molecule has 1 aliphatic rings.